The molecule has 3 aromatic rings. The lowest BCUT2D eigenvalue weighted by Crippen LogP contribution is -2.15. The summed E-state index contributed by atoms with van der Waals surface area (Å²) in [6.07, 6.45) is 3.27. The van der Waals surface area contributed by atoms with Crippen LogP contribution in [0.2, 0.25) is 0 Å². The number of carbonyl (C=O) groups excluding carboxylic acids is 1. The molecule has 0 spiro atoms. The van der Waals surface area contributed by atoms with Gasteiger partial charge in [-0.2, -0.15) is 5.10 Å². The lowest BCUT2D eigenvalue weighted by Gasteiger charge is -2.10. The van der Waals surface area contributed by atoms with E-state index in [-0.39, 0.29) is 18.9 Å². The average Bonchev–Trinajstić information content (AvgIpc) is 3.12. The summed E-state index contributed by atoms with van der Waals surface area (Å²) >= 11 is 0. The van der Waals surface area contributed by atoms with Crippen LogP contribution in [0.1, 0.15) is 36.5 Å². The number of carboxylic acids is 1. The topological polar surface area (TPSA) is 97.4 Å². The van der Waals surface area contributed by atoms with Crippen molar-refractivity contribution in [3.63, 3.8) is 0 Å². The molecule has 0 bridgehead atoms. The summed E-state index contributed by atoms with van der Waals surface area (Å²) in [5, 5.41) is 16.4. The predicted octanol–water partition coefficient (Wildman–Crippen LogP) is 3.33. The number of furan rings is 1. The number of aryl methyl sites for hydroxylation is 1. The number of nitrogens with one attached hydrogen (secondary N) is 1. The summed E-state index contributed by atoms with van der Waals surface area (Å²) in [5.41, 5.74) is 3.97. The Balaban J connectivity index is 1.76. The Kier molecular flexibility index (Phi) is 4.79. The minimum atomic E-state index is -0.993. The number of rotatable bonds is 6. The van der Waals surface area contributed by atoms with Crippen molar-refractivity contribution in [2.75, 3.05) is 5.32 Å². The van der Waals surface area contributed by atoms with Crippen LogP contribution in [0.15, 0.2) is 35.1 Å². The Hall–Kier alpha value is -3.09. The van der Waals surface area contributed by atoms with E-state index in [1.165, 1.54) is 22.0 Å². The smallest absolute Gasteiger partial charge is 0.325 e. The Labute approximate surface area is 150 Å². The molecule has 1 amide bonds. The van der Waals surface area contributed by atoms with Crippen LogP contribution in [-0.2, 0) is 22.6 Å². The molecular formula is C19H21N3O4. The highest BCUT2D eigenvalue weighted by molar-refractivity contribution is 5.95. The first-order chi connectivity index (χ1) is 12.3. The zero-order chi connectivity index (χ0) is 18.8. The molecule has 0 fully saturated rings. The van der Waals surface area contributed by atoms with Gasteiger partial charge in [0, 0.05) is 23.2 Å². The number of benzene rings is 1. The quantitative estimate of drug-likeness (QED) is 0.707. The van der Waals surface area contributed by atoms with Gasteiger partial charge >= 0.3 is 5.97 Å². The van der Waals surface area contributed by atoms with Crippen molar-refractivity contribution >= 4 is 28.7 Å². The van der Waals surface area contributed by atoms with Crippen molar-refractivity contribution in [3.05, 3.63) is 47.3 Å². The number of fused-ring (bicyclic) bond motifs is 1. The van der Waals surface area contributed by atoms with Gasteiger partial charge in [0.05, 0.1) is 12.7 Å². The normalized spacial score (nSPS) is 11.2. The van der Waals surface area contributed by atoms with Gasteiger partial charge < -0.3 is 14.8 Å². The number of nitrogens with zero attached hydrogens (tertiary/aromatic N) is 2. The molecule has 0 saturated heterocycles. The van der Waals surface area contributed by atoms with E-state index in [1.807, 2.05) is 6.07 Å². The first kappa shape index (κ1) is 17.7. The third kappa shape index (κ3) is 3.77. The molecular weight excluding hydrogens is 334 g/mol. The van der Waals surface area contributed by atoms with Crippen LogP contribution in [0.3, 0.4) is 0 Å². The van der Waals surface area contributed by atoms with Gasteiger partial charge in [-0.25, -0.2) is 0 Å². The molecule has 0 aliphatic heterocycles. The monoisotopic (exact) mass is 355 g/mol. The van der Waals surface area contributed by atoms with Gasteiger partial charge in [-0.3, -0.25) is 14.3 Å². The number of amides is 1. The lowest BCUT2D eigenvalue weighted by molar-refractivity contribution is -0.137. The van der Waals surface area contributed by atoms with Gasteiger partial charge in [0.15, 0.2) is 5.82 Å². The van der Waals surface area contributed by atoms with Crippen molar-refractivity contribution in [2.45, 2.75) is 39.7 Å². The molecule has 2 N–H and O–H groups in total. The number of carbonyl (C=O) groups is 2. The third-order valence-corrected chi connectivity index (χ3v) is 4.22. The fourth-order valence-electron chi connectivity index (χ4n) is 3.02. The van der Waals surface area contributed by atoms with Crippen LogP contribution >= 0.6 is 0 Å². The Morgan fingerprint density at radius 2 is 2.12 bits per heavy atom. The second kappa shape index (κ2) is 7.03. The van der Waals surface area contributed by atoms with Crippen LogP contribution in [0.25, 0.3) is 11.0 Å². The largest absolute Gasteiger partial charge is 0.480 e. The Morgan fingerprint density at radius 3 is 2.81 bits per heavy atom. The highest BCUT2D eigenvalue weighted by Gasteiger charge is 2.15. The second-order valence-electron chi connectivity index (χ2n) is 6.64. The maximum Gasteiger partial charge on any atom is 0.325 e. The van der Waals surface area contributed by atoms with Crippen LogP contribution in [0.4, 0.5) is 5.82 Å². The molecule has 136 valence electrons. The SMILES string of the molecule is Cc1cc2occ(CC(=O)Nc3ccn(CC(=O)O)n3)c2cc1C(C)C. The Bertz CT molecular complexity index is 968. The molecule has 0 atom stereocenters. The van der Waals surface area contributed by atoms with Crippen molar-refractivity contribution < 1.29 is 19.1 Å². The maximum atomic E-state index is 12.3. The van der Waals surface area contributed by atoms with Crippen molar-refractivity contribution in [3.8, 4) is 0 Å². The van der Waals surface area contributed by atoms with E-state index in [0.29, 0.717) is 11.7 Å². The summed E-state index contributed by atoms with van der Waals surface area (Å²) in [7, 11) is 0. The minimum absolute atomic E-state index is 0.152. The Morgan fingerprint density at radius 1 is 1.35 bits per heavy atom. The molecule has 26 heavy (non-hydrogen) atoms. The van der Waals surface area contributed by atoms with E-state index in [4.69, 9.17) is 9.52 Å². The standard InChI is InChI=1S/C19H21N3O4/c1-11(2)14-8-15-13(10-26-16(15)6-12(14)3)7-18(23)20-17-4-5-22(21-17)9-19(24)25/h4-6,8,10-11H,7,9H2,1-3H3,(H,24,25)(H,20,21,23). The number of anilines is 1. The van der Waals surface area contributed by atoms with E-state index in [1.54, 1.807) is 12.3 Å². The van der Waals surface area contributed by atoms with Crippen molar-refractivity contribution in [1.82, 2.24) is 9.78 Å². The fourth-order valence-corrected chi connectivity index (χ4v) is 3.02. The van der Waals surface area contributed by atoms with Gasteiger partial charge in [0.1, 0.15) is 12.1 Å². The molecule has 3 rings (SSSR count). The summed E-state index contributed by atoms with van der Waals surface area (Å²) in [6.45, 7) is 6.07. The van der Waals surface area contributed by atoms with Gasteiger partial charge in [0.2, 0.25) is 5.91 Å². The number of aromatic nitrogens is 2. The molecule has 0 unspecified atom stereocenters. The predicted molar refractivity (Wildman–Crippen MR) is 97.2 cm³/mol. The molecule has 2 heterocycles. The summed E-state index contributed by atoms with van der Waals surface area (Å²) in [5.74, 6) is -0.524. The van der Waals surface area contributed by atoms with Crippen molar-refractivity contribution in [2.24, 2.45) is 0 Å². The first-order valence-electron chi connectivity index (χ1n) is 8.39. The van der Waals surface area contributed by atoms with Crippen LogP contribution in [0.5, 0.6) is 0 Å². The molecule has 0 aliphatic carbocycles. The average molecular weight is 355 g/mol. The summed E-state index contributed by atoms with van der Waals surface area (Å²) in [6, 6.07) is 5.65. The minimum Gasteiger partial charge on any atom is -0.480 e. The van der Waals surface area contributed by atoms with Gasteiger partial charge in [-0.15, -0.1) is 0 Å². The lowest BCUT2D eigenvalue weighted by atomic mass is 9.95. The van der Waals surface area contributed by atoms with E-state index in [0.717, 1.165) is 16.5 Å². The molecule has 7 heteroatoms. The van der Waals surface area contributed by atoms with Gasteiger partial charge in [-0.1, -0.05) is 13.8 Å². The molecule has 0 aliphatic rings. The van der Waals surface area contributed by atoms with E-state index >= 15 is 0 Å². The number of carboxylic acid groups (broad SMARTS) is 1. The summed E-state index contributed by atoms with van der Waals surface area (Å²) < 4.78 is 6.85. The second-order valence-corrected chi connectivity index (χ2v) is 6.64. The van der Waals surface area contributed by atoms with Gasteiger partial charge in [0.25, 0.3) is 0 Å². The molecule has 1 aromatic carbocycles. The maximum absolute atomic E-state index is 12.3. The molecule has 7 nitrogen and oxygen atoms in total. The van der Waals surface area contributed by atoms with Crippen LogP contribution < -0.4 is 5.32 Å². The first-order valence-corrected chi connectivity index (χ1v) is 8.39. The molecule has 0 radical (unpaired) electrons. The zero-order valence-electron chi connectivity index (χ0n) is 14.9. The number of hydrogen-bond acceptors (Lipinski definition) is 4. The fraction of sp³-hybridized carbons (Fsp3) is 0.316. The van der Waals surface area contributed by atoms with E-state index < -0.39 is 5.97 Å². The van der Waals surface area contributed by atoms with E-state index in [2.05, 4.69) is 37.3 Å². The highest BCUT2D eigenvalue weighted by atomic mass is 16.4. The van der Waals surface area contributed by atoms with Gasteiger partial charge in [-0.05, 0) is 36.1 Å². The van der Waals surface area contributed by atoms with Crippen molar-refractivity contribution in [1.29, 1.82) is 0 Å². The number of hydrogen-bond donors (Lipinski definition) is 2. The molecule has 2 aromatic heterocycles. The number of aliphatic carboxylic acids is 1. The van der Waals surface area contributed by atoms with E-state index in [9.17, 15) is 9.59 Å². The summed E-state index contributed by atoms with van der Waals surface area (Å²) in [4.78, 5) is 23.0. The highest BCUT2D eigenvalue weighted by Crippen LogP contribution is 2.29. The molecule has 0 saturated carbocycles. The van der Waals surface area contributed by atoms with Crippen LogP contribution in [0, 0.1) is 6.92 Å². The third-order valence-electron chi connectivity index (χ3n) is 4.22. The zero-order valence-corrected chi connectivity index (χ0v) is 14.9. The van der Waals surface area contributed by atoms with Crippen LogP contribution in [-0.4, -0.2) is 26.8 Å².